The molecule has 5 unspecified atom stereocenters. The molecule has 2 saturated heterocycles. The van der Waals surface area contributed by atoms with E-state index in [1.54, 1.807) is 51.2 Å². The highest BCUT2D eigenvalue weighted by Crippen LogP contribution is 2.38. The molecule has 2 aliphatic rings. The molecule has 352 valence electrons. The summed E-state index contributed by atoms with van der Waals surface area (Å²) in [5.74, 6) is -5.10. The number of hydrogen-bond donors (Lipinski definition) is 10. The number of aliphatic hydroxyl groups is 8. The van der Waals surface area contributed by atoms with Gasteiger partial charge in [-0.2, -0.15) is 0 Å². The average molecular weight is 880 g/mol. The quantitative estimate of drug-likeness (QED) is 0.0420. The van der Waals surface area contributed by atoms with Crippen molar-refractivity contribution < 1.29 is 74.5 Å². The van der Waals surface area contributed by atoms with Crippen molar-refractivity contribution in [3.8, 4) is 0 Å². The molecule has 2 fully saturated rings. The molecule has 0 aromatic carbocycles. The van der Waals surface area contributed by atoms with Gasteiger partial charge in [0.1, 0.15) is 12.2 Å². The highest BCUT2D eigenvalue weighted by molar-refractivity contribution is 5.71. The van der Waals surface area contributed by atoms with Crippen molar-refractivity contribution in [3.05, 3.63) is 85.1 Å². The highest BCUT2D eigenvalue weighted by atomic mass is 16.7. The number of aliphatic carboxylic acids is 1. The Balaban J connectivity index is 2.03. The van der Waals surface area contributed by atoms with Gasteiger partial charge in [0.2, 0.25) is 0 Å². The van der Waals surface area contributed by atoms with Gasteiger partial charge < -0.3 is 70.6 Å². The second kappa shape index (κ2) is 29.2. The maximum Gasteiger partial charge on any atom is 0.309 e. The summed E-state index contributed by atoms with van der Waals surface area (Å²) < 4.78 is 23.1. The molecule has 0 radical (unpaired) electrons. The summed E-state index contributed by atoms with van der Waals surface area (Å²) in [6.45, 7) is 6.71. The Hall–Kier alpha value is -3.36. The molecule has 0 amide bonds. The first-order chi connectivity index (χ1) is 29.4. The summed E-state index contributed by atoms with van der Waals surface area (Å²) in [4.78, 5) is 24.5. The second-order valence-electron chi connectivity index (χ2n) is 16.4. The van der Waals surface area contributed by atoms with Gasteiger partial charge in [0.15, 0.2) is 12.1 Å². The fourth-order valence-electron chi connectivity index (χ4n) is 7.04. The Morgan fingerprint density at radius 2 is 1.39 bits per heavy atom. The summed E-state index contributed by atoms with van der Waals surface area (Å²) in [6.07, 6.45) is 13.5. The van der Waals surface area contributed by atoms with Gasteiger partial charge in [-0.15, -0.1) is 0 Å². The molecule has 16 nitrogen and oxygen atoms in total. The lowest BCUT2D eigenvalue weighted by Crippen LogP contribution is -2.61. The minimum atomic E-state index is -1.95. The number of rotatable bonds is 27. The number of esters is 1. The molecule has 62 heavy (non-hydrogen) atoms. The van der Waals surface area contributed by atoms with Crippen LogP contribution in [0.1, 0.15) is 91.9 Å². The van der Waals surface area contributed by atoms with Crippen LogP contribution in [-0.2, 0) is 28.5 Å². The molecule has 0 bridgehead atoms. The third kappa shape index (κ3) is 20.9. The van der Waals surface area contributed by atoms with Crippen molar-refractivity contribution in [3.63, 3.8) is 0 Å². The monoisotopic (exact) mass is 879 g/mol. The van der Waals surface area contributed by atoms with Crippen LogP contribution < -0.4 is 5.73 Å². The molecule has 0 saturated carbocycles. The topological polar surface area (TPSA) is 279 Å². The number of ether oxygens (including phenoxy) is 4. The Bertz CT molecular complexity index is 1510. The minimum Gasteiger partial charge on any atom is -0.481 e. The predicted molar refractivity (Wildman–Crippen MR) is 232 cm³/mol. The maximum atomic E-state index is 12.4. The molecular formula is C46H73NO15. The van der Waals surface area contributed by atoms with Crippen LogP contribution in [-0.4, -0.2) is 144 Å². The van der Waals surface area contributed by atoms with E-state index in [4.69, 9.17) is 24.7 Å². The molecule has 0 aromatic heterocycles. The lowest BCUT2D eigenvalue weighted by molar-refractivity contribution is -0.295. The van der Waals surface area contributed by atoms with Crippen LogP contribution in [0.25, 0.3) is 0 Å². The van der Waals surface area contributed by atoms with Crippen LogP contribution in [0.15, 0.2) is 85.1 Å². The van der Waals surface area contributed by atoms with Crippen molar-refractivity contribution >= 4 is 11.9 Å². The van der Waals surface area contributed by atoms with E-state index >= 15 is 0 Å². The van der Waals surface area contributed by atoms with E-state index in [1.165, 1.54) is 0 Å². The number of aliphatic hydroxyl groups excluding tert-OH is 7. The Morgan fingerprint density at radius 1 is 0.839 bits per heavy atom. The van der Waals surface area contributed by atoms with Gasteiger partial charge in [0.25, 0.3) is 0 Å². The molecule has 2 rings (SSSR count). The largest absolute Gasteiger partial charge is 0.481 e. The first-order valence-electron chi connectivity index (χ1n) is 21.6. The van der Waals surface area contributed by atoms with Crippen molar-refractivity contribution in [2.45, 2.75) is 171 Å². The number of allylic oxidation sites excluding steroid dienone is 13. The number of carbonyl (C=O) groups is 2. The number of nitrogens with two attached hydrogens (primary N) is 1. The zero-order chi connectivity index (χ0) is 46.2. The Kier molecular flexibility index (Phi) is 25.8. The molecule has 16 heteroatoms. The van der Waals surface area contributed by atoms with Gasteiger partial charge in [0, 0.05) is 31.8 Å². The third-order valence-electron chi connectivity index (χ3n) is 10.9. The fourth-order valence-corrected chi connectivity index (χ4v) is 7.04. The first-order valence-corrected chi connectivity index (χ1v) is 21.6. The Labute approximate surface area is 366 Å². The van der Waals surface area contributed by atoms with Gasteiger partial charge in [-0.05, 0) is 59.3 Å². The molecule has 2 aliphatic heterocycles. The van der Waals surface area contributed by atoms with E-state index in [9.17, 15) is 55.5 Å². The zero-order valence-corrected chi connectivity index (χ0v) is 36.5. The molecule has 0 spiro atoms. The molecule has 2 heterocycles. The van der Waals surface area contributed by atoms with Crippen molar-refractivity contribution in [1.29, 1.82) is 0 Å². The molecule has 0 aliphatic carbocycles. The van der Waals surface area contributed by atoms with Crippen LogP contribution in [0.4, 0.5) is 0 Å². The zero-order valence-electron chi connectivity index (χ0n) is 36.5. The Morgan fingerprint density at radius 3 is 1.94 bits per heavy atom. The van der Waals surface area contributed by atoms with Gasteiger partial charge in [-0.25, -0.2) is 0 Å². The minimum absolute atomic E-state index is 0.000606. The van der Waals surface area contributed by atoms with E-state index in [0.717, 1.165) is 0 Å². The van der Waals surface area contributed by atoms with E-state index in [1.807, 2.05) is 61.6 Å². The maximum absolute atomic E-state index is 12.4. The van der Waals surface area contributed by atoms with Crippen LogP contribution >= 0.6 is 0 Å². The van der Waals surface area contributed by atoms with Gasteiger partial charge in [-0.3, -0.25) is 9.59 Å². The summed E-state index contributed by atoms with van der Waals surface area (Å²) >= 11 is 0. The van der Waals surface area contributed by atoms with E-state index < -0.39 is 97.0 Å². The third-order valence-corrected chi connectivity index (χ3v) is 10.9. The van der Waals surface area contributed by atoms with Crippen molar-refractivity contribution in [2.75, 3.05) is 6.61 Å². The predicted octanol–water partition coefficient (Wildman–Crippen LogP) is 2.77. The van der Waals surface area contributed by atoms with Crippen LogP contribution in [0.2, 0.25) is 0 Å². The molecular weight excluding hydrogens is 806 g/mol. The van der Waals surface area contributed by atoms with Gasteiger partial charge >= 0.3 is 11.9 Å². The molecule has 15 atom stereocenters. The summed E-state index contributed by atoms with van der Waals surface area (Å²) in [6, 6.07) is -1.08. The second-order valence-corrected chi connectivity index (χ2v) is 16.4. The standard InChI is InChI=1S/C46H73NO15/c1-5-6-7-8-9-10-11-12-13-14-15-16-17-21-37(61-45-43(55)41(47)42(54)32(4)60-45)27-39-38(44(56)57)22-23-46(58,62-39)28-36(52)25-34(50)20-18-19-33(49)24-35(51)26-40(53)59-31(3)30(2)29-48/h5-17,21,30-39,41-43,45,48-52,54-55,58H,18-20,22-29,47H2,1-4H3,(H,56,57)/b6-5+,8-7+,10-9+,12-11+,14-13+,16-15+,21-17+/t30-,31+,32?,33-,34+,35-,36+,37+,38-,39+,41?,42?,43?,45?,46+/m1/s1. The highest BCUT2D eigenvalue weighted by Gasteiger charge is 2.47. The van der Waals surface area contributed by atoms with Gasteiger partial charge in [0.05, 0.1) is 67.2 Å². The van der Waals surface area contributed by atoms with Crippen LogP contribution in [0.3, 0.4) is 0 Å². The van der Waals surface area contributed by atoms with Crippen molar-refractivity contribution in [2.24, 2.45) is 17.6 Å². The van der Waals surface area contributed by atoms with E-state index in [0.29, 0.717) is 6.42 Å². The summed E-state index contributed by atoms with van der Waals surface area (Å²) in [5, 5.41) is 94.1. The van der Waals surface area contributed by atoms with Gasteiger partial charge in [-0.1, -0.05) is 92.0 Å². The number of hydrogen-bond acceptors (Lipinski definition) is 15. The lowest BCUT2D eigenvalue weighted by atomic mass is 9.85. The molecule has 11 N–H and O–H groups in total. The summed E-state index contributed by atoms with van der Waals surface area (Å²) in [7, 11) is 0. The molecule has 0 aromatic rings. The SMILES string of the molecule is C/C=C/C=C/C=C/C=C/C=C/C=C/C=C/[C@@H](C[C@@H]1O[C@](O)(C[C@@H](O)C[C@@H](O)CCC[C@@H](O)C[C@@H](O)CC(=O)O[C@@H](C)[C@H](C)CO)CC[C@H]1C(=O)O)OC1OC(C)C(O)C(N)C1O. The number of carboxylic acids is 1. The van der Waals surface area contributed by atoms with Crippen LogP contribution in [0.5, 0.6) is 0 Å². The summed E-state index contributed by atoms with van der Waals surface area (Å²) in [5.41, 5.74) is 6.03. The van der Waals surface area contributed by atoms with Crippen LogP contribution in [0, 0.1) is 11.8 Å². The smallest absolute Gasteiger partial charge is 0.309 e. The van der Waals surface area contributed by atoms with E-state index in [-0.39, 0.29) is 70.3 Å². The number of carboxylic acid groups (broad SMARTS) is 1. The van der Waals surface area contributed by atoms with Crippen molar-refractivity contribution in [1.82, 2.24) is 0 Å². The first kappa shape index (κ1) is 54.8. The normalized spacial score (nSPS) is 29.9. The number of carbonyl (C=O) groups excluding carboxylic acids is 1. The average Bonchev–Trinajstić information content (AvgIpc) is 3.19. The van der Waals surface area contributed by atoms with E-state index in [2.05, 4.69) is 0 Å². The fraction of sp³-hybridized carbons (Fsp3) is 0.652. The lowest BCUT2D eigenvalue weighted by Gasteiger charge is -2.43.